The minimum atomic E-state index is -0.478. The number of esters is 1. The summed E-state index contributed by atoms with van der Waals surface area (Å²) >= 11 is 0. The summed E-state index contributed by atoms with van der Waals surface area (Å²) in [6.45, 7) is 6.77. The summed E-state index contributed by atoms with van der Waals surface area (Å²) in [5.74, 6) is 1.76. The molecule has 1 aliphatic rings. The van der Waals surface area contributed by atoms with Gasteiger partial charge in [0.15, 0.2) is 0 Å². The molecule has 0 spiro atoms. The Morgan fingerprint density at radius 2 is 1.91 bits per heavy atom. The van der Waals surface area contributed by atoms with E-state index in [1.165, 1.54) is 31.2 Å². The standard InChI is InChI=1S/C20H31NO2/c1-20(2,3)19(22)23-17-11-8-10-15(13-17)18-12-7-6-9-16(18)14-21(4)5/h8,10-11,13,16,18H,6-7,9,12,14H2,1-5H3/t16-,18-/m0/s1. The van der Waals surface area contributed by atoms with Gasteiger partial charge in [0.2, 0.25) is 0 Å². The fourth-order valence-corrected chi connectivity index (χ4v) is 3.40. The first-order valence-corrected chi connectivity index (χ1v) is 8.74. The average molecular weight is 317 g/mol. The van der Waals surface area contributed by atoms with E-state index in [1.54, 1.807) is 0 Å². The van der Waals surface area contributed by atoms with Crippen molar-refractivity contribution >= 4 is 5.97 Å². The van der Waals surface area contributed by atoms with Crippen LogP contribution in [-0.4, -0.2) is 31.5 Å². The number of hydrogen-bond donors (Lipinski definition) is 0. The van der Waals surface area contributed by atoms with Crippen molar-refractivity contribution in [2.45, 2.75) is 52.4 Å². The van der Waals surface area contributed by atoms with Gasteiger partial charge >= 0.3 is 5.97 Å². The number of carbonyl (C=O) groups is 1. The molecule has 1 saturated carbocycles. The zero-order valence-corrected chi connectivity index (χ0v) is 15.3. The molecule has 0 bridgehead atoms. The number of hydrogen-bond acceptors (Lipinski definition) is 3. The van der Waals surface area contributed by atoms with E-state index >= 15 is 0 Å². The maximum atomic E-state index is 12.1. The third-order valence-corrected chi connectivity index (χ3v) is 4.62. The Balaban J connectivity index is 2.15. The van der Waals surface area contributed by atoms with Crippen molar-refractivity contribution in [3.05, 3.63) is 29.8 Å². The number of carbonyl (C=O) groups excluding carboxylic acids is 1. The predicted molar refractivity (Wildman–Crippen MR) is 94.8 cm³/mol. The van der Waals surface area contributed by atoms with Crippen LogP contribution in [0.5, 0.6) is 5.75 Å². The largest absolute Gasteiger partial charge is 0.426 e. The van der Waals surface area contributed by atoms with Crippen LogP contribution >= 0.6 is 0 Å². The molecule has 2 atom stereocenters. The highest BCUT2D eigenvalue weighted by atomic mass is 16.5. The molecule has 1 aromatic rings. The topological polar surface area (TPSA) is 29.5 Å². The van der Waals surface area contributed by atoms with E-state index in [2.05, 4.69) is 31.1 Å². The minimum Gasteiger partial charge on any atom is -0.426 e. The molecule has 0 amide bonds. The molecule has 0 N–H and O–H groups in total. The van der Waals surface area contributed by atoms with Crippen LogP contribution in [0.1, 0.15) is 57.9 Å². The summed E-state index contributed by atoms with van der Waals surface area (Å²) < 4.78 is 5.58. The van der Waals surface area contributed by atoms with Gasteiger partial charge in [-0.05, 0) is 77.2 Å². The molecule has 23 heavy (non-hydrogen) atoms. The monoisotopic (exact) mass is 317 g/mol. The zero-order chi connectivity index (χ0) is 17.0. The molecule has 0 saturated heterocycles. The van der Waals surface area contributed by atoms with Crippen LogP contribution in [0.15, 0.2) is 24.3 Å². The van der Waals surface area contributed by atoms with Gasteiger partial charge < -0.3 is 9.64 Å². The molecule has 1 aliphatic carbocycles. The van der Waals surface area contributed by atoms with Crippen LogP contribution in [0.3, 0.4) is 0 Å². The molecule has 0 aliphatic heterocycles. The van der Waals surface area contributed by atoms with Crippen molar-refractivity contribution in [2.75, 3.05) is 20.6 Å². The lowest BCUT2D eigenvalue weighted by Crippen LogP contribution is -2.29. The zero-order valence-electron chi connectivity index (χ0n) is 15.3. The van der Waals surface area contributed by atoms with E-state index in [1.807, 2.05) is 32.9 Å². The summed E-state index contributed by atoms with van der Waals surface area (Å²) in [6.07, 6.45) is 5.14. The smallest absolute Gasteiger partial charge is 0.316 e. The van der Waals surface area contributed by atoms with Crippen LogP contribution in [0.2, 0.25) is 0 Å². The Labute approximate surface area is 141 Å². The summed E-state index contributed by atoms with van der Waals surface area (Å²) in [6, 6.07) is 8.16. The van der Waals surface area contributed by atoms with E-state index in [0.717, 1.165) is 6.54 Å². The van der Waals surface area contributed by atoms with Gasteiger partial charge in [0.25, 0.3) is 0 Å². The Bertz CT molecular complexity index is 531. The molecule has 1 fully saturated rings. The second-order valence-electron chi connectivity index (χ2n) is 8.13. The molecule has 0 aromatic heterocycles. The maximum Gasteiger partial charge on any atom is 0.316 e. The molecule has 0 unspecified atom stereocenters. The predicted octanol–water partition coefficient (Wildman–Crippen LogP) is 4.47. The van der Waals surface area contributed by atoms with Crippen LogP contribution in [0.25, 0.3) is 0 Å². The lowest BCUT2D eigenvalue weighted by molar-refractivity contribution is -0.143. The van der Waals surface area contributed by atoms with Gasteiger partial charge in [-0.1, -0.05) is 25.0 Å². The van der Waals surface area contributed by atoms with E-state index < -0.39 is 5.41 Å². The van der Waals surface area contributed by atoms with Crippen LogP contribution in [0.4, 0.5) is 0 Å². The first-order valence-electron chi connectivity index (χ1n) is 8.74. The van der Waals surface area contributed by atoms with Crippen LogP contribution < -0.4 is 4.74 Å². The quantitative estimate of drug-likeness (QED) is 0.606. The fourth-order valence-electron chi connectivity index (χ4n) is 3.40. The lowest BCUT2D eigenvalue weighted by Gasteiger charge is -2.34. The number of rotatable bonds is 4. The normalized spacial score (nSPS) is 22.2. The molecule has 3 nitrogen and oxygen atoms in total. The number of nitrogens with zero attached hydrogens (tertiary/aromatic N) is 1. The highest BCUT2D eigenvalue weighted by molar-refractivity contribution is 5.77. The van der Waals surface area contributed by atoms with Gasteiger partial charge in [-0.3, -0.25) is 4.79 Å². The Morgan fingerprint density at radius 1 is 1.22 bits per heavy atom. The molecule has 3 heteroatoms. The van der Waals surface area contributed by atoms with Gasteiger partial charge in [0.05, 0.1) is 5.41 Å². The second kappa shape index (κ2) is 7.48. The van der Waals surface area contributed by atoms with Crippen molar-refractivity contribution in [2.24, 2.45) is 11.3 Å². The van der Waals surface area contributed by atoms with Crippen molar-refractivity contribution in [3.63, 3.8) is 0 Å². The van der Waals surface area contributed by atoms with Crippen LogP contribution in [-0.2, 0) is 4.79 Å². The number of ether oxygens (including phenoxy) is 1. The van der Waals surface area contributed by atoms with E-state index in [9.17, 15) is 4.79 Å². The Kier molecular flexibility index (Phi) is 5.85. The van der Waals surface area contributed by atoms with E-state index in [0.29, 0.717) is 17.6 Å². The maximum absolute atomic E-state index is 12.1. The fraction of sp³-hybridized carbons (Fsp3) is 0.650. The highest BCUT2D eigenvalue weighted by Gasteiger charge is 2.28. The first-order chi connectivity index (χ1) is 10.8. The second-order valence-corrected chi connectivity index (χ2v) is 8.13. The minimum absolute atomic E-state index is 0.178. The molecule has 0 heterocycles. The number of benzene rings is 1. The van der Waals surface area contributed by atoms with Gasteiger partial charge in [-0.25, -0.2) is 0 Å². The summed E-state index contributed by atoms with van der Waals surface area (Å²) in [7, 11) is 4.29. The third-order valence-electron chi connectivity index (χ3n) is 4.62. The Hall–Kier alpha value is -1.35. The molecule has 1 aromatic carbocycles. The van der Waals surface area contributed by atoms with Crippen molar-refractivity contribution in [1.29, 1.82) is 0 Å². The summed E-state index contributed by atoms with van der Waals surface area (Å²) in [4.78, 5) is 14.4. The SMILES string of the molecule is CN(C)C[C@@H]1CCCC[C@H]1c1cccc(OC(=O)C(C)(C)C)c1. The first kappa shape index (κ1) is 18.0. The molecule has 128 valence electrons. The highest BCUT2D eigenvalue weighted by Crippen LogP contribution is 2.39. The molecule has 2 rings (SSSR count). The lowest BCUT2D eigenvalue weighted by atomic mass is 9.75. The third kappa shape index (κ3) is 5.07. The van der Waals surface area contributed by atoms with Crippen molar-refractivity contribution < 1.29 is 9.53 Å². The molecular weight excluding hydrogens is 286 g/mol. The summed E-state index contributed by atoms with van der Waals surface area (Å²) in [5, 5.41) is 0. The Morgan fingerprint density at radius 3 is 2.57 bits per heavy atom. The van der Waals surface area contributed by atoms with Crippen molar-refractivity contribution in [1.82, 2.24) is 4.90 Å². The average Bonchev–Trinajstić information content (AvgIpc) is 2.46. The molecular formula is C20H31NO2. The summed E-state index contributed by atoms with van der Waals surface area (Å²) in [5.41, 5.74) is 0.838. The van der Waals surface area contributed by atoms with E-state index in [-0.39, 0.29) is 5.97 Å². The van der Waals surface area contributed by atoms with Gasteiger partial charge in [0.1, 0.15) is 5.75 Å². The van der Waals surface area contributed by atoms with Gasteiger partial charge in [-0.2, -0.15) is 0 Å². The van der Waals surface area contributed by atoms with Crippen molar-refractivity contribution in [3.8, 4) is 5.75 Å². The van der Waals surface area contributed by atoms with Gasteiger partial charge in [-0.15, -0.1) is 0 Å². The van der Waals surface area contributed by atoms with Crippen LogP contribution in [0, 0.1) is 11.3 Å². The van der Waals surface area contributed by atoms with E-state index in [4.69, 9.17) is 4.74 Å². The van der Waals surface area contributed by atoms with Gasteiger partial charge in [0, 0.05) is 6.54 Å². The molecule has 0 radical (unpaired) electrons.